The molecule has 0 radical (unpaired) electrons. The monoisotopic (exact) mass is 405 g/mol. The van der Waals surface area contributed by atoms with Crippen molar-refractivity contribution in [3.8, 4) is 5.75 Å². The third kappa shape index (κ3) is 4.89. The molecule has 0 saturated carbocycles. The molecule has 1 aliphatic heterocycles. The van der Waals surface area contributed by atoms with Crippen molar-refractivity contribution in [3.05, 3.63) is 59.7 Å². The van der Waals surface area contributed by atoms with E-state index in [0.717, 1.165) is 5.56 Å². The summed E-state index contributed by atoms with van der Waals surface area (Å²) in [5.41, 5.74) is 1.44. The molecule has 2 aromatic carbocycles. The van der Waals surface area contributed by atoms with Gasteiger partial charge in [-0.1, -0.05) is 36.4 Å². The summed E-state index contributed by atoms with van der Waals surface area (Å²) in [7, 11) is -2.32. The maximum Gasteiger partial charge on any atom is 0.310 e. The average Bonchev–Trinajstić information content (AvgIpc) is 2.73. The molecule has 7 nitrogen and oxygen atoms in total. The highest BCUT2D eigenvalue weighted by Crippen LogP contribution is 2.28. The van der Waals surface area contributed by atoms with Gasteiger partial charge in [0.25, 0.3) is 0 Å². The first-order chi connectivity index (χ1) is 13.5. The summed E-state index contributed by atoms with van der Waals surface area (Å²) in [6.45, 7) is 1.46. The van der Waals surface area contributed by atoms with Gasteiger partial charge in [0, 0.05) is 13.1 Å². The topological polar surface area (TPSA) is 82.1 Å². The zero-order valence-electron chi connectivity index (χ0n) is 15.7. The van der Waals surface area contributed by atoms with Crippen molar-refractivity contribution in [2.75, 3.05) is 33.4 Å². The molecule has 3 rings (SSSR count). The van der Waals surface area contributed by atoms with Crippen molar-refractivity contribution in [2.24, 2.45) is 0 Å². The van der Waals surface area contributed by atoms with Gasteiger partial charge < -0.3 is 14.2 Å². The molecule has 0 unspecified atom stereocenters. The number of hydrogen-bond acceptors (Lipinski definition) is 6. The summed E-state index contributed by atoms with van der Waals surface area (Å²) in [4.78, 5) is 12.2. The SMILES string of the molecule is COc1ccc(CC(=O)OCc2ccccc2)cc1S(=O)(=O)N1CCOCC1. The third-order valence-corrected chi connectivity index (χ3v) is 6.33. The minimum atomic E-state index is -3.74. The Balaban J connectivity index is 1.74. The Morgan fingerprint density at radius 1 is 1.07 bits per heavy atom. The fraction of sp³-hybridized carbons (Fsp3) is 0.350. The standard InChI is InChI=1S/C20H23NO6S/c1-25-18-8-7-17(14-20(22)27-15-16-5-3-2-4-6-16)13-19(18)28(23,24)21-9-11-26-12-10-21/h2-8,13H,9-12,14-15H2,1H3. The predicted octanol–water partition coefficient (Wildman–Crippen LogP) is 2.00. The van der Waals surface area contributed by atoms with Gasteiger partial charge in [-0.3, -0.25) is 4.79 Å². The molecule has 0 aliphatic carbocycles. The second-order valence-electron chi connectivity index (χ2n) is 6.32. The number of carbonyl (C=O) groups excluding carboxylic acids is 1. The molecular formula is C20H23NO6S. The number of morpholine rings is 1. The second-order valence-corrected chi connectivity index (χ2v) is 8.23. The smallest absolute Gasteiger partial charge is 0.310 e. The summed E-state index contributed by atoms with van der Waals surface area (Å²) >= 11 is 0. The number of rotatable bonds is 7. The predicted molar refractivity (Wildman–Crippen MR) is 103 cm³/mol. The Hall–Kier alpha value is -2.42. The first kappa shape index (κ1) is 20.3. The molecule has 0 bridgehead atoms. The third-order valence-electron chi connectivity index (χ3n) is 4.41. The van der Waals surface area contributed by atoms with Crippen LogP contribution in [0.5, 0.6) is 5.75 Å². The summed E-state index contributed by atoms with van der Waals surface area (Å²) in [5.74, 6) is -0.184. The van der Waals surface area contributed by atoms with E-state index < -0.39 is 16.0 Å². The zero-order chi connectivity index (χ0) is 20.0. The van der Waals surface area contributed by atoms with E-state index in [2.05, 4.69) is 0 Å². The molecular weight excluding hydrogens is 382 g/mol. The largest absolute Gasteiger partial charge is 0.495 e. The van der Waals surface area contributed by atoms with E-state index in [4.69, 9.17) is 14.2 Å². The Morgan fingerprint density at radius 2 is 1.79 bits per heavy atom. The Labute approximate surface area is 164 Å². The lowest BCUT2D eigenvalue weighted by molar-refractivity contribution is -0.144. The summed E-state index contributed by atoms with van der Waals surface area (Å²) in [6, 6.07) is 14.1. The molecule has 1 heterocycles. The van der Waals surface area contributed by atoms with Gasteiger partial charge in [-0.2, -0.15) is 4.31 Å². The van der Waals surface area contributed by atoms with Gasteiger partial charge >= 0.3 is 5.97 Å². The first-order valence-corrected chi connectivity index (χ1v) is 10.4. The number of sulfonamides is 1. The maximum atomic E-state index is 13.0. The van der Waals surface area contributed by atoms with Gasteiger partial charge in [0.05, 0.1) is 26.7 Å². The van der Waals surface area contributed by atoms with Crippen molar-refractivity contribution in [3.63, 3.8) is 0 Å². The lowest BCUT2D eigenvalue weighted by Gasteiger charge is -2.26. The Bertz CT molecular complexity index is 908. The highest BCUT2D eigenvalue weighted by atomic mass is 32.2. The second kappa shape index (κ2) is 9.18. The molecule has 28 heavy (non-hydrogen) atoms. The van der Waals surface area contributed by atoms with Crippen molar-refractivity contribution in [2.45, 2.75) is 17.9 Å². The minimum absolute atomic E-state index is 0.0253. The first-order valence-electron chi connectivity index (χ1n) is 8.95. The fourth-order valence-corrected chi connectivity index (χ4v) is 4.53. The van der Waals surface area contributed by atoms with Crippen molar-refractivity contribution in [1.82, 2.24) is 4.31 Å². The summed E-state index contributed by atoms with van der Waals surface area (Å²) < 4.78 is 43.1. The van der Waals surface area contributed by atoms with E-state index in [1.54, 1.807) is 12.1 Å². The highest BCUT2D eigenvalue weighted by molar-refractivity contribution is 7.89. The van der Waals surface area contributed by atoms with Crippen LogP contribution in [0.25, 0.3) is 0 Å². The quantitative estimate of drug-likeness (QED) is 0.656. The van der Waals surface area contributed by atoms with Crippen LogP contribution in [0.1, 0.15) is 11.1 Å². The van der Waals surface area contributed by atoms with E-state index in [1.807, 2.05) is 30.3 Å². The number of carbonyl (C=O) groups is 1. The van der Waals surface area contributed by atoms with Crippen LogP contribution in [0.4, 0.5) is 0 Å². The van der Waals surface area contributed by atoms with Crippen LogP contribution in [0.3, 0.4) is 0 Å². The van der Waals surface area contributed by atoms with E-state index in [-0.39, 0.29) is 36.8 Å². The van der Waals surface area contributed by atoms with Crippen LogP contribution in [0, 0.1) is 0 Å². The molecule has 0 N–H and O–H groups in total. The van der Waals surface area contributed by atoms with Crippen LogP contribution < -0.4 is 4.74 Å². The number of methoxy groups -OCH3 is 1. The average molecular weight is 405 g/mol. The van der Waals surface area contributed by atoms with Gasteiger partial charge in [-0.25, -0.2) is 8.42 Å². The van der Waals surface area contributed by atoms with Crippen LogP contribution in [0.2, 0.25) is 0 Å². The molecule has 1 aliphatic rings. The molecule has 0 aromatic heterocycles. The summed E-state index contributed by atoms with van der Waals surface area (Å²) in [5, 5.41) is 0. The van der Waals surface area contributed by atoms with Gasteiger partial charge in [-0.05, 0) is 23.3 Å². The highest BCUT2D eigenvalue weighted by Gasteiger charge is 2.29. The number of nitrogens with zero attached hydrogens (tertiary/aromatic N) is 1. The maximum absolute atomic E-state index is 13.0. The zero-order valence-corrected chi connectivity index (χ0v) is 16.5. The molecule has 0 amide bonds. The lowest BCUT2D eigenvalue weighted by Crippen LogP contribution is -2.40. The van der Waals surface area contributed by atoms with Gasteiger partial charge in [0.15, 0.2) is 0 Å². The molecule has 0 spiro atoms. The molecule has 0 atom stereocenters. The Morgan fingerprint density at radius 3 is 2.46 bits per heavy atom. The number of esters is 1. The number of hydrogen-bond donors (Lipinski definition) is 0. The normalized spacial score (nSPS) is 15.2. The number of benzene rings is 2. The molecule has 1 fully saturated rings. The van der Waals surface area contributed by atoms with Gasteiger partial charge in [0.1, 0.15) is 17.3 Å². The molecule has 2 aromatic rings. The minimum Gasteiger partial charge on any atom is -0.495 e. The van der Waals surface area contributed by atoms with E-state index in [0.29, 0.717) is 18.8 Å². The summed E-state index contributed by atoms with van der Waals surface area (Å²) in [6.07, 6.45) is -0.0253. The fourth-order valence-electron chi connectivity index (χ4n) is 2.91. The van der Waals surface area contributed by atoms with Crippen molar-refractivity contribution >= 4 is 16.0 Å². The van der Waals surface area contributed by atoms with Gasteiger partial charge in [0.2, 0.25) is 10.0 Å². The van der Waals surface area contributed by atoms with Crippen molar-refractivity contribution < 1.29 is 27.4 Å². The van der Waals surface area contributed by atoms with E-state index in [9.17, 15) is 13.2 Å². The van der Waals surface area contributed by atoms with Crippen LogP contribution in [0.15, 0.2) is 53.4 Å². The molecule has 1 saturated heterocycles. The van der Waals surface area contributed by atoms with Gasteiger partial charge in [-0.15, -0.1) is 0 Å². The van der Waals surface area contributed by atoms with E-state index >= 15 is 0 Å². The number of ether oxygens (including phenoxy) is 3. The van der Waals surface area contributed by atoms with Crippen molar-refractivity contribution in [1.29, 1.82) is 0 Å². The Kier molecular flexibility index (Phi) is 6.66. The lowest BCUT2D eigenvalue weighted by atomic mass is 10.1. The van der Waals surface area contributed by atoms with Crippen LogP contribution in [-0.4, -0.2) is 52.1 Å². The van der Waals surface area contributed by atoms with Crippen LogP contribution in [-0.2, 0) is 37.3 Å². The van der Waals surface area contributed by atoms with Crippen LogP contribution >= 0.6 is 0 Å². The molecule has 150 valence electrons. The van der Waals surface area contributed by atoms with E-state index in [1.165, 1.54) is 17.5 Å². The molecule has 8 heteroatoms.